The van der Waals surface area contributed by atoms with E-state index in [1.807, 2.05) is 18.4 Å². The fourth-order valence-corrected chi connectivity index (χ4v) is 3.43. The van der Waals surface area contributed by atoms with Gasteiger partial charge in [-0.05, 0) is 52.5 Å². The van der Waals surface area contributed by atoms with E-state index in [9.17, 15) is 9.18 Å². The Morgan fingerprint density at radius 3 is 2.79 bits per heavy atom. The normalized spacial score (nSPS) is 12.2. The van der Waals surface area contributed by atoms with Gasteiger partial charge < -0.3 is 10.4 Å². The molecule has 0 spiro atoms. The number of carboxylic acid groups (broad SMARTS) is 1. The Bertz CT molecular complexity index is 614. The van der Waals surface area contributed by atoms with Crippen molar-refractivity contribution in [1.82, 2.24) is 0 Å². The van der Waals surface area contributed by atoms with Crippen LogP contribution in [0, 0.1) is 5.82 Å². The Kier molecular flexibility index (Phi) is 4.21. The average Bonchev–Trinajstić information content (AvgIpc) is 2.77. The van der Waals surface area contributed by atoms with Gasteiger partial charge in [0.2, 0.25) is 0 Å². The predicted molar refractivity (Wildman–Crippen MR) is 77.4 cm³/mol. The van der Waals surface area contributed by atoms with Crippen molar-refractivity contribution in [3.05, 3.63) is 50.4 Å². The first-order valence-corrected chi connectivity index (χ1v) is 7.18. The molecule has 2 rings (SSSR count). The smallest absolute Gasteiger partial charge is 0.338 e. The fourth-order valence-electron chi connectivity index (χ4n) is 1.71. The lowest BCUT2D eigenvalue weighted by molar-refractivity contribution is 0.0692. The molecule has 6 heteroatoms. The van der Waals surface area contributed by atoms with Crippen molar-refractivity contribution in [2.45, 2.75) is 13.0 Å². The molecule has 2 aromatic rings. The summed E-state index contributed by atoms with van der Waals surface area (Å²) in [6, 6.07) is 5.93. The van der Waals surface area contributed by atoms with Crippen molar-refractivity contribution < 1.29 is 14.3 Å². The Labute approximate surface area is 122 Å². The summed E-state index contributed by atoms with van der Waals surface area (Å²) < 4.78 is 14.3. The third-order valence-electron chi connectivity index (χ3n) is 2.62. The lowest BCUT2D eigenvalue weighted by Gasteiger charge is -2.15. The molecule has 0 amide bonds. The molecule has 1 aromatic carbocycles. The van der Waals surface area contributed by atoms with Gasteiger partial charge in [-0.2, -0.15) is 0 Å². The van der Waals surface area contributed by atoms with Gasteiger partial charge in [-0.25, -0.2) is 9.18 Å². The molecule has 1 aromatic heterocycles. The summed E-state index contributed by atoms with van der Waals surface area (Å²) in [5, 5.41) is 14.0. The van der Waals surface area contributed by atoms with E-state index in [0.717, 1.165) is 15.4 Å². The number of benzene rings is 1. The molecule has 0 saturated heterocycles. The summed E-state index contributed by atoms with van der Waals surface area (Å²) in [7, 11) is 0. The quantitative estimate of drug-likeness (QED) is 0.857. The molecule has 1 atom stereocenters. The molecule has 3 nitrogen and oxygen atoms in total. The second-order valence-corrected chi connectivity index (χ2v) is 5.80. The third-order valence-corrected chi connectivity index (χ3v) is 4.67. The maximum Gasteiger partial charge on any atom is 0.338 e. The monoisotopic (exact) mass is 343 g/mol. The van der Waals surface area contributed by atoms with Gasteiger partial charge in [-0.1, -0.05) is 0 Å². The van der Waals surface area contributed by atoms with Crippen molar-refractivity contribution in [2.24, 2.45) is 0 Å². The molecule has 0 aliphatic heterocycles. The van der Waals surface area contributed by atoms with E-state index in [1.54, 1.807) is 11.3 Å². The standard InChI is InChI=1S/C13H11BrFNO2S/c1-7(12-10(14)4-5-19-12)16-8-2-3-11(15)9(6-8)13(17)18/h2-7,16H,1H3,(H,17,18). The van der Waals surface area contributed by atoms with Crippen LogP contribution in [0.3, 0.4) is 0 Å². The van der Waals surface area contributed by atoms with Crippen LogP contribution in [-0.4, -0.2) is 11.1 Å². The van der Waals surface area contributed by atoms with Crippen LogP contribution < -0.4 is 5.32 Å². The van der Waals surface area contributed by atoms with Crippen LogP contribution in [0.25, 0.3) is 0 Å². The Morgan fingerprint density at radius 1 is 1.47 bits per heavy atom. The molecule has 1 heterocycles. The van der Waals surface area contributed by atoms with Crippen LogP contribution in [0.5, 0.6) is 0 Å². The summed E-state index contributed by atoms with van der Waals surface area (Å²) >= 11 is 5.04. The molecular weight excluding hydrogens is 333 g/mol. The van der Waals surface area contributed by atoms with E-state index in [1.165, 1.54) is 12.1 Å². The molecule has 19 heavy (non-hydrogen) atoms. The topological polar surface area (TPSA) is 49.3 Å². The van der Waals surface area contributed by atoms with Crippen LogP contribution in [0.2, 0.25) is 0 Å². The van der Waals surface area contributed by atoms with E-state index in [2.05, 4.69) is 21.2 Å². The SMILES string of the molecule is CC(Nc1ccc(F)c(C(=O)O)c1)c1sccc1Br. The van der Waals surface area contributed by atoms with E-state index in [0.29, 0.717) is 5.69 Å². The van der Waals surface area contributed by atoms with Gasteiger partial charge in [0.15, 0.2) is 0 Å². The van der Waals surface area contributed by atoms with Crippen molar-refractivity contribution in [2.75, 3.05) is 5.32 Å². The number of hydrogen-bond acceptors (Lipinski definition) is 3. The molecule has 100 valence electrons. The third kappa shape index (κ3) is 3.13. The van der Waals surface area contributed by atoms with Crippen LogP contribution >= 0.6 is 27.3 Å². The van der Waals surface area contributed by atoms with Crippen molar-refractivity contribution in [3.63, 3.8) is 0 Å². The van der Waals surface area contributed by atoms with Gasteiger partial charge in [-0.15, -0.1) is 11.3 Å². The van der Waals surface area contributed by atoms with E-state index in [-0.39, 0.29) is 11.6 Å². The van der Waals surface area contributed by atoms with Gasteiger partial charge >= 0.3 is 5.97 Å². The van der Waals surface area contributed by atoms with Crippen molar-refractivity contribution in [3.8, 4) is 0 Å². The van der Waals surface area contributed by atoms with Crippen LogP contribution in [0.15, 0.2) is 34.1 Å². The number of hydrogen-bond donors (Lipinski definition) is 2. The molecule has 0 radical (unpaired) electrons. The second-order valence-electron chi connectivity index (χ2n) is 4.00. The Balaban J connectivity index is 2.22. The summed E-state index contributed by atoms with van der Waals surface area (Å²) in [5.74, 6) is -2.01. The minimum absolute atomic E-state index is 0.00137. The number of halogens is 2. The molecule has 1 unspecified atom stereocenters. The maximum absolute atomic E-state index is 13.3. The van der Waals surface area contributed by atoms with E-state index in [4.69, 9.17) is 5.11 Å². The lowest BCUT2D eigenvalue weighted by atomic mass is 10.1. The minimum atomic E-state index is -1.27. The number of aromatic carboxylic acids is 1. The van der Waals surface area contributed by atoms with Crippen LogP contribution in [-0.2, 0) is 0 Å². The summed E-state index contributed by atoms with van der Waals surface area (Å²) in [6.07, 6.45) is 0. The molecule has 0 saturated carbocycles. The minimum Gasteiger partial charge on any atom is -0.478 e. The van der Waals surface area contributed by atoms with Gasteiger partial charge in [0, 0.05) is 15.0 Å². The maximum atomic E-state index is 13.3. The first-order chi connectivity index (χ1) is 8.99. The second kappa shape index (κ2) is 5.71. The van der Waals surface area contributed by atoms with Crippen LogP contribution in [0.4, 0.5) is 10.1 Å². The summed E-state index contributed by atoms with van der Waals surface area (Å²) in [4.78, 5) is 12.0. The highest BCUT2D eigenvalue weighted by Gasteiger charge is 2.14. The van der Waals surface area contributed by atoms with E-state index >= 15 is 0 Å². The number of carbonyl (C=O) groups is 1. The number of anilines is 1. The largest absolute Gasteiger partial charge is 0.478 e. The number of nitrogens with one attached hydrogen (secondary N) is 1. The van der Waals surface area contributed by atoms with Crippen molar-refractivity contribution >= 4 is 38.9 Å². The Morgan fingerprint density at radius 2 is 2.21 bits per heavy atom. The van der Waals surface area contributed by atoms with E-state index < -0.39 is 11.8 Å². The van der Waals surface area contributed by atoms with Gasteiger partial charge in [0.05, 0.1) is 11.6 Å². The number of rotatable bonds is 4. The zero-order valence-electron chi connectivity index (χ0n) is 9.98. The molecule has 0 fully saturated rings. The highest BCUT2D eigenvalue weighted by atomic mass is 79.9. The molecule has 0 aliphatic rings. The number of carboxylic acids is 1. The first kappa shape index (κ1) is 14.0. The van der Waals surface area contributed by atoms with Gasteiger partial charge in [0.1, 0.15) is 5.82 Å². The highest BCUT2D eigenvalue weighted by molar-refractivity contribution is 9.10. The van der Waals surface area contributed by atoms with Gasteiger partial charge in [0.25, 0.3) is 0 Å². The summed E-state index contributed by atoms with van der Waals surface area (Å²) in [6.45, 7) is 1.96. The average molecular weight is 344 g/mol. The molecule has 2 N–H and O–H groups in total. The molecular formula is C13H11BrFNO2S. The zero-order valence-corrected chi connectivity index (χ0v) is 12.4. The van der Waals surface area contributed by atoms with Gasteiger partial charge in [-0.3, -0.25) is 0 Å². The zero-order chi connectivity index (χ0) is 14.0. The molecule has 0 aliphatic carbocycles. The fraction of sp³-hybridized carbons (Fsp3) is 0.154. The first-order valence-electron chi connectivity index (χ1n) is 5.51. The van der Waals surface area contributed by atoms with Crippen molar-refractivity contribution in [1.29, 1.82) is 0 Å². The predicted octanol–water partition coefficient (Wildman–Crippen LogP) is 4.52. The Hall–Kier alpha value is -1.40. The highest BCUT2D eigenvalue weighted by Crippen LogP contribution is 2.31. The lowest BCUT2D eigenvalue weighted by Crippen LogP contribution is -2.07. The van der Waals surface area contributed by atoms with Crippen LogP contribution in [0.1, 0.15) is 28.2 Å². The summed E-state index contributed by atoms with van der Waals surface area (Å²) in [5.41, 5.74) is 0.244. The number of thiophene rings is 1. The molecule has 0 bridgehead atoms.